The molecule has 3 aromatic heterocycles. The van der Waals surface area contributed by atoms with Gasteiger partial charge in [-0.25, -0.2) is 4.85 Å². The Kier molecular flexibility index (Phi) is 4.02. The molecule has 29 heavy (non-hydrogen) atoms. The molecule has 0 fully saturated rings. The smallest absolute Gasteiger partial charge is 0.190 e. The van der Waals surface area contributed by atoms with Crippen LogP contribution in [0.1, 0.15) is 5.56 Å². The van der Waals surface area contributed by atoms with Gasteiger partial charge < -0.3 is 0 Å². The average Bonchev–Trinajstić information content (AvgIpc) is 3.16. The topological polar surface area (TPSA) is 53.9 Å². The molecule has 0 aliphatic heterocycles. The molecule has 0 saturated carbocycles. The summed E-state index contributed by atoms with van der Waals surface area (Å²) in [5.41, 5.74) is 4.78. The third kappa shape index (κ3) is 3.00. The summed E-state index contributed by atoms with van der Waals surface area (Å²) in [5, 5.41) is 11.5. The number of aromatic nitrogens is 2. The first kappa shape index (κ1) is 17.1. The van der Waals surface area contributed by atoms with Crippen molar-refractivity contribution in [3.8, 4) is 28.6 Å². The Bertz CT molecular complexity index is 1370. The lowest BCUT2D eigenvalue weighted by Gasteiger charge is -2.02. The van der Waals surface area contributed by atoms with Crippen molar-refractivity contribution in [3.05, 3.63) is 90.0 Å². The lowest BCUT2D eigenvalue weighted by atomic mass is 10.0. The zero-order chi connectivity index (χ0) is 19.8. The molecule has 3 heterocycles. The summed E-state index contributed by atoms with van der Waals surface area (Å²) in [6.07, 6.45) is 3.34. The van der Waals surface area contributed by atoms with Gasteiger partial charge in [0.25, 0.3) is 0 Å². The summed E-state index contributed by atoms with van der Waals surface area (Å²) in [6, 6.07) is 21.8. The molecule has 2 aromatic carbocycles. The van der Waals surface area contributed by atoms with Crippen molar-refractivity contribution in [3.63, 3.8) is 0 Å². The van der Waals surface area contributed by atoms with Crippen molar-refractivity contribution in [2.24, 2.45) is 0 Å². The molecule has 0 amide bonds. The zero-order valence-electron chi connectivity index (χ0n) is 15.1. The van der Waals surface area contributed by atoms with Gasteiger partial charge >= 0.3 is 0 Å². The maximum absolute atomic E-state index is 9.13. The molecule has 134 valence electrons. The van der Waals surface area contributed by atoms with Crippen LogP contribution < -0.4 is 0 Å². The normalized spacial score (nSPS) is 10.7. The summed E-state index contributed by atoms with van der Waals surface area (Å²) < 4.78 is 2.34. The lowest BCUT2D eigenvalue weighted by Crippen LogP contribution is -1.84. The van der Waals surface area contributed by atoms with Crippen LogP contribution >= 0.6 is 11.3 Å². The van der Waals surface area contributed by atoms with Crippen LogP contribution in [0.25, 0.3) is 47.5 Å². The molecule has 5 aromatic rings. The molecule has 0 aliphatic carbocycles. The highest BCUT2D eigenvalue weighted by molar-refractivity contribution is 7.25. The Morgan fingerprint density at radius 3 is 2.03 bits per heavy atom. The number of pyridine rings is 2. The summed E-state index contributed by atoms with van der Waals surface area (Å²) in [7, 11) is 0. The van der Waals surface area contributed by atoms with E-state index in [4.69, 9.17) is 11.8 Å². The largest absolute Gasteiger partial charge is 0.259 e. The van der Waals surface area contributed by atoms with Crippen LogP contribution in [0.15, 0.2) is 73.1 Å². The quantitative estimate of drug-likeness (QED) is 0.320. The van der Waals surface area contributed by atoms with E-state index in [1.165, 1.54) is 20.2 Å². The molecule has 0 N–H and O–H groups in total. The highest BCUT2D eigenvalue weighted by Crippen LogP contribution is 2.38. The van der Waals surface area contributed by atoms with Crippen LogP contribution in [0.4, 0.5) is 5.69 Å². The Morgan fingerprint density at radius 2 is 1.41 bits per heavy atom. The van der Waals surface area contributed by atoms with Gasteiger partial charge in [0, 0.05) is 43.7 Å². The van der Waals surface area contributed by atoms with Crippen LogP contribution in [0.2, 0.25) is 0 Å². The van der Waals surface area contributed by atoms with E-state index in [9.17, 15) is 0 Å². The van der Waals surface area contributed by atoms with E-state index >= 15 is 0 Å². The third-order valence-electron chi connectivity index (χ3n) is 4.83. The van der Waals surface area contributed by atoms with E-state index in [1.54, 1.807) is 35.9 Å². The minimum Gasteiger partial charge on any atom is -0.259 e. The predicted octanol–water partition coefficient (Wildman–Crippen LogP) is 6.60. The van der Waals surface area contributed by atoms with Gasteiger partial charge in [-0.05, 0) is 36.4 Å². The maximum Gasteiger partial charge on any atom is 0.190 e. The third-order valence-corrected chi connectivity index (χ3v) is 5.94. The summed E-state index contributed by atoms with van der Waals surface area (Å²) >= 11 is 1.72. The van der Waals surface area contributed by atoms with E-state index in [1.807, 2.05) is 18.2 Å². The van der Waals surface area contributed by atoms with E-state index in [-0.39, 0.29) is 0 Å². The van der Waals surface area contributed by atoms with Crippen molar-refractivity contribution in [2.75, 3.05) is 0 Å². The number of nitrogens with zero attached hydrogens (tertiary/aromatic N) is 4. The minimum absolute atomic E-state index is 0.586. The van der Waals surface area contributed by atoms with Gasteiger partial charge in [-0.1, -0.05) is 24.3 Å². The number of rotatable bonds is 2. The molecule has 0 bridgehead atoms. The molecule has 0 radical (unpaired) electrons. The Hall–Kier alpha value is -4.06. The first-order valence-electron chi connectivity index (χ1n) is 8.92. The van der Waals surface area contributed by atoms with Crippen LogP contribution in [0.3, 0.4) is 0 Å². The Balaban J connectivity index is 1.63. The molecule has 0 aliphatic rings. The van der Waals surface area contributed by atoms with Crippen LogP contribution in [-0.4, -0.2) is 9.97 Å². The van der Waals surface area contributed by atoms with E-state index < -0.39 is 0 Å². The molecule has 0 spiro atoms. The zero-order valence-corrected chi connectivity index (χ0v) is 15.9. The van der Waals surface area contributed by atoms with E-state index in [2.05, 4.69) is 51.2 Å². The fourth-order valence-electron chi connectivity index (χ4n) is 3.40. The second kappa shape index (κ2) is 6.83. The molecule has 0 saturated heterocycles. The monoisotopic (exact) mass is 388 g/mol. The highest BCUT2D eigenvalue weighted by Gasteiger charge is 2.10. The highest BCUT2D eigenvalue weighted by atomic mass is 32.1. The number of hydrogen-bond acceptors (Lipinski definition) is 4. The molecule has 5 heteroatoms. The molecule has 5 rings (SSSR count). The predicted molar refractivity (Wildman–Crippen MR) is 117 cm³/mol. The number of hydrogen-bond donors (Lipinski definition) is 0. The fraction of sp³-hybridized carbons (Fsp3) is 0. The molecule has 0 unspecified atom stereocenters. The molecule has 4 nitrogen and oxygen atoms in total. The first-order valence-corrected chi connectivity index (χ1v) is 9.73. The van der Waals surface area contributed by atoms with Gasteiger partial charge in [-0.3, -0.25) is 9.97 Å². The van der Waals surface area contributed by atoms with Gasteiger partial charge in [0.15, 0.2) is 5.69 Å². The standard InChI is InChI=1S/C24H12N4S/c1-26-18-7-9-28-22(13-18)17-3-5-20-19-4-2-16(11-23(19)29-24(20)12-17)21-10-15(14-25)6-8-27-21/h2-13H. The SMILES string of the molecule is [C-]#[N+]c1ccnc(-c2ccc3c(c2)sc2cc(-c4cc(C#N)ccn4)ccc23)c1. The lowest BCUT2D eigenvalue weighted by molar-refractivity contribution is 1.31. The van der Waals surface area contributed by atoms with Crippen molar-refractivity contribution in [1.29, 1.82) is 5.26 Å². The van der Waals surface area contributed by atoms with Crippen molar-refractivity contribution in [2.45, 2.75) is 0 Å². The first-order chi connectivity index (χ1) is 14.2. The Labute approximate surface area is 171 Å². The van der Waals surface area contributed by atoms with Gasteiger partial charge in [-0.2, -0.15) is 5.26 Å². The Morgan fingerprint density at radius 1 is 0.793 bits per heavy atom. The second-order valence-corrected chi connectivity index (χ2v) is 7.66. The van der Waals surface area contributed by atoms with E-state index in [0.717, 1.165) is 22.5 Å². The van der Waals surface area contributed by atoms with Crippen LogP contribution in [-0.2, 0) is 0 Å². The average molecular weight is 388 g/mol. The van der Waals surface area contributed by atoms with Gasteiger partial charge in [0.2, 0.25) is 0 Å². The van der Waals surface area contributed by atoms with Crippen LogP contribution in [0, 0.1) is 17.9 Å². The van der Waals surface area contributed by atoms with Gasteiger partial charge in [0.1, 0.15) is 0 Å². The summed E-state index contributed by atoms with van der Waals surface area (Å²) in [4.78, 5) is 12.3. The minimum atomic E-state index is 0.586. The second-order valence-electron chi connectivity index (χ2n) is 6.58. The van der Waals surface area contributed by atoms with Crippen molar-refractivity contribution < 1.29 is 0 Å². The van der Waals surface area contributed by atoms with E-state index in [0.29, 0.717) is 11.3 Å². The number of fused-ring (bicyclic) bond motifs is 3. The fourth-order valence-corrected chi connectivity index (χ4v) is 4.59. The van der Waals surface area contributed by atoms with Gasteiger partial charge in [0.05, 0.1) is 29.6 Å². The maximum atomic E-state index is 9.13. The molecular weight excluding hydrogens is 376 g/mol. The number of nitriles is 1. The van der Waals surface area contributed by atoms with Gasteiger partial charge in [-0.15, -0.1) is 11.3 Å². The van der Waals surface area contributed by atoms with Crippen LogP contribution in [0.5, 0.6) is 0 Å². The number of thiophene rings is 1. The molecule has 0 atom stereocenters. The summed E-state index contributed by atoms with van der Waals surface area (Å²) in [6.45, 7) is 7.20. The number of benzene rings is 2. The molecular formula is C24H12N4S. The van der Waals surface area contributed by atoms with Crippen molar-refractivity contribution >= 4 is 37.2 Å². The van der Waals surface area contributed by atoms with Crippen molar-refractivity contribution in [1.82, 2.24) is 9.97 Å². The summed E-state index contributed by atoms with van der Waals surface area (Å²) in [5.74, 6) is 0.